The highest BCUT2D eigenvalue weighted by atomic mass is 79.9. The summed E-state index contributed by atoms with van der Waals surface area (Å²) >= 11 is 3.39. The van der Waals surface area contributed by atoms with E-state index in [0.29, 0.717) is 5.56 Å². The molecule has 0 saturated heterocycles. The fraction of sp³-hybridized carbons (Fsp3) is 0.294. The first-order chi connectivity index (χ1) is 9.92. The molecule has 0 spiro atoms. The summed E-state index contributed by atoms with van der Waals surface area (Å²) in [6.45, 7) is 8.22. The average Bonchev–Trinajstić information content (AvgIpc) is 2.39. The van der Waals surface area contributed by atoms with Gasteiger partial charge in [-0.2, -0.15) is 5.26 Å². The summed E-state index contributed by atoms with van der Waals surface area (Å²) in [7, 11) is 0. The molecule has 108 valence electrons. The molecule has 0 aliphatic heterocycles. The second-order valence-electron chi connectivity index (χ2n) is 5.25. The standard InChI is InChI=1S/C17H18BrN3/c1-10-7-11(2)20-12(3)17(10)13(4)21-16-6-5-15(18)8-14(16)9-19/h5-8,13,21H,1-4H3. The Bertz CT molecular complexity index is 693. The van der Waals surface area contributed by atoms with Crippen molar-refractivity contribution in [3.63, 3.8) is 0 Å². The molecular formula is C17H18BrN3. The molecular weight excluding hydrogens is 326 g/mol. The van der Waals surface area contributed by atoms with Crippen LogP contribution in [0.4, 0.5) is 5.69 Å². The van der Waals surface area contributed by atoms with E-state index in [1.807, 2.05) is 32.0 Å². The number of nitriles is 1. The summed E-state index contributed by atoms with van der Waals surface area (Å²) in [5, 5.41) is 12.7. The van der Waals surface area contributed by atoms with E-state index in [9.17, 15) is 5.26 Å². The summed E-state index contributed by atoms with van der Waals surface area (Å²) in [5.74, 6) is 0. The summed E-state index contributed by atoms with van der Waals surface area (Å²) in [6.07, 6.45) is 0. The van der Waals surface area contributed by atoms with Crippen molar-refractivity contribution in [3.05, 3.63) is 56.8 Å². The Morgan fingerprint density at radius 2 is 1.95 bits per heavy atom. The third-order valence-corrected chi connectivity index (χ3v) is 3.98. The predicted molar refractivity (Wildman–Crippen MR) is 89.3 cm³/mol. The predicted octanol–water partition coefficient (Wildman–Crippen LogP) is 4.81. The minimum atomic E-state index is 0.0892. The Balaban J connectivity index is 2.35. The van der Waals surface area contributed by atoms with Gasteiger partial charge >= 0.3 is 0 Å². The van der Waals surface area contributed by atoms with Gasteiger partial charge in [-0.15, -0.1) is 0 Å². The number of hydrogen-bond acceptors (Lipinski definition) is 3. The molecule has 2 aromatic rings. The van der Waals surface area contributed by atoms with Gasteiger partial charge in [0.2, 0.25) is 0 Å². The second-order valence-corrected chi connectivity index (χ2v) is 6.16. The van der Waals surface area contributed by atoms with Crippen molar-refractivity contribution in [1.82, 2.24) is 4.98 Å². The van der Waals surface area contributed by atoms with Gasteiger partial charge in [-0.1, -0.05) is 15.9 Å². The monoisotopic (exact) mass is 343 g/mol. The molecule has 0 aliphatic rings. The SMILES string of the molecule is Cc1cc(C)c(C(C)Nc2ccc(Br)cc2C#N)c(C)n1. The fourth-order valence-corrected chi connectivity index (χ4v) is 3.09. The van der Waals surface area contributed by atoms with Crippen molar-refractivity contribution in [2.45, 2.75) is 33.7 Å². The molecule has 1 aromatic heterocycles. The van der Waals surface area contributed by atoms with E-state index < -0.39 is 0 Å². The number of anilines is 1. The molecule has 4 heteroatoms. The molecule has 0 radical (unpaired) electrons. The maximum atomic E-state index is 9.25. The molecule has 21 heavy (non-hydrogen) atoms. The Morgan fingerprint density at radius 3 is 2.57 bits per heavy atom. The van der Waals surface area contributed by atoms with Gasteiger partial charge in [0.05, 0.1) is 17.3 Å². The molecule has 0 saturated carbocycles. The van der Waals surface area contributed by atoms with Crippen molar-refractivity contribution in [1.29, 1.82) is 5.26 Å². The van der Waals surface area contributed by atoms with Gasteiger partial charge in [-0.05, 0) is 63.1 Å². The highest BCUT2D eigenvalue weighted by Crippen LogP contribution is 2.28. The summed E-state index contributed by atoms with van der Waals surface area (Å²) in [6, 6.07) is 10.1. The van der Waals surface area contributed by atoms with Crippen molar-refractivity contribution in [2.75, 3.05) is 5.32 Å². The summed E-state index contributed by atoms with van der Waals surface area (Å²) < 4.78 is 0.904. The number of halogens is 1. The van der Waals surface area contributed by atoms with Crippen LogP contribution in [-0.4, -0.2) is 4.98 Å². The minimum absolute atomic E-state index is 0.0892. The Kier molecular flexibility index (Phi) is 4.64. The molecule has 2 rings (SSSR count). The topological polar surface area (TPSA) is 48.7 Å². The van der Waals surface area contributed by atoms with Crippen LogP contribution in [0.25, 0.3) is 0 Å². The minimum Gasteiger partial charge on any atom is -0.377 e. The molecule has 0 fully saturated rings. The molecule has 0 amide bonds. The number of aryl methyl sites for hydroxylation is 3. The Hall–Kier alpha value is -1.86. The molecule has 1 heterocycles. The highest BCUT2D eigenvalue weighted by Gasteiger charge is 2.14. The highest BCUT2D eigenvalue weighted by molar-refractivity contribution is 9.10. The van der Waals surface area contributed by atoms with Crippen LogP contribution in [0.5, 0.6) is 0 Å². The summed E-state index contributed by atoms with van der Waals surface area (Å²) in [5.41, 5.74) is 5.94. The van der Waals surface area contributed by atoms with Crippen molar-refractivity contribution in [2.24, 2.45) is 0 Å². The van der Waals surface area contributed by atoms with Crippen LogP contribution in [0.2, 0.25) is 0 Å². The van der Waals surface area contributed by atoms with E-state index in [2.05, 4.69) is 52.2 Å². The Morgan fingerprint density at radius 1 is 1.24 bits per heavy atom. The lowest BCUT2D eigenvalue weighted by Crippen LogP contribution is -2.12. The van der Waals surface area contributed by atoms with Gasteiger partial charge in [-0.25, -0.2) is 0 Å². The smallest absolute Gasteiger partial charge is 0.101 e. The molecule has 0 aliphatic carbocycles. The third-order valence-electron chi connectivity index (χ3n) is 3.49. The van der Waals surface area contributed by atoms with E-state index >= 15 is 0 Å². The number of pyridine rings is 1. The quantitative estimate of drug-likeness (QED) is 0.869. The van der Waals surface area contributed by atoms with Crippen LogP contribution in [0.15, 0.2) is 28.7 Å². The lowest BCUT2D eigenvalue weighted by Gasteiger charge is -2.21. The van der Waals surface area contributed by atoms with E-state index in [-0.39, 0.29) is 6.04 Å². The van der Waals surface area contributed by atoms with Gasteiger partial charge < -0.3 is 5.32 Å². The number of hydrogen-bond donors (Lipinski definition) is 1. The van der Waals surface area contributed by atoms with Crippen LogP contribution >= 0.6 is 15.9 Å². The summed E-state index contributed by atoms with van der Waals surface area (Å²) in [4.78, 5) is 4.54. The van der Waals surface area contributed by atoms with Crippen LogP contribution in [0.3, 0.4) is 0 Å². The van der Waals surface area contributed by atoms with Crippen LogP contribution in [0, 0.1) is 32.1 Å². The van der Waals surface area contributed by atoms with Crippen LogP contribution in [-0.2, 0) is 0 Å². The van der Waals surface area contributed by atoms with E-state index in [4.69, 9.17) is 0 Å². The number of nitrogens with zero attached hydrogens (tertiary/aromatic N) is 2. The molecule has 1 aromatic carbocycles. The van der Waals surface area contributed by atoms with Crippen molar-refractivity contribution >= 4 is 21.6 Å². The fourth-order valence-electron chi connectivity index (χ4n) is 2.73. The lowest BCUT2D eigenvalue weighted by atomic mass is 10.00. The first kappa shape index (κ1) is 15.5. The molecule has 1 unspecified atom stereocenters. The Labute approximate surface area is 134 Å². The van der Waals surface area contributed by atoms with Crippen LogP contribution < -0.4 is 5.32 Å². The first-order valence-corrected chi connectivity index (χ1v) is 7.62. The van der Waals surface area contributed by atoms with E-state index in [1.165, 1.54) is 11.1 Å². The molecule has 0 bridgehead atoms. The zero-order valence-electron chi connectivity index (χ0n) is 12.7. The average molecular weight is 344 g/mol. The zero-order chi connectivity index (χ0) is 15.6. The van der Waals surface area contributed by atoms with Crippen molar-refractivity contribution < 1.29 is 0 Å². The molecule has 1 N–H and O–H groups in total. The largest absolute Gasteiger partial charge is 0.377 e. The van der Waals surface area contributed by atoms with Gasteiger partial charge in [0.25, 0.3) is 0 Å². The van der Waals surface area contributed by atoms with Gasteiger partial charge in [0, 0.05) is 15.9 Å². The van der Waals surface area contributed by atoms with Crippen LogP contribution in [0.1, 0.15) is 41.0 Å². The lowest BCUT2D eigenvalue weighted by molar-refractivity contribution is 0.842. The normalized spacial score (nSPS) is 11.8. The maximum Gasteiger partial charge on any atom is 0.101 e. The van der Waals surface area contributed by atoms with Crippen molar-refractivity contribution in [3.8, 4) is 6.07 Å². The molecule has 1 atom stereocenters. The second kappa shape index (κ2) is 6.28. The van der Waals surface area contributed by atoms with E-state index in [1.54, 1.807) is 0 Å². The zero-order valence-corrected chi connectivity index (χ0v) is 14.2. The number of benzene rings is 1. The number of rotatable bonds is 3. The number of nitrogens with one attached hydrogen (secondary N) is 1. The van der Waals surface area contributed by atoms with Gasteiger partial charge in [-0.3, -0.25) is 4.98 Å². The van der Waals surface area contributed by atoms with Gasteiger partial charge in [0.1, 0.15) is 6.07 Å². The first-order valence-electron chi connectivity index (χ1n) is 6.83. The van der Waals surface area contributed by atoms with Gasteiger partial charge in [0.15, 0.2) is 0 Å². The maximum absolute atomic E-state index is 9.25. The van der Waals surface area contributed by atoms with E-state index in [0.717, 1.165) is 21.5 Å². The third kappa shape index (κ3) is 3.43. The molecule has 3 nitrogen and oxygen atoms in total. The number of aromatic nitrogens is 1.